The summed E-state index contributed by atoms with van der Waals surface area (Å²) in [5.41, 5.74) is 0. The first kappa shape index (κ1) is 11.7. The van der Waals surface area contributed by atoms with Gasteiger partial charge < -0.3 is 0 Å². The second-order valence-electron chi connectivity index (χ2n) is 2.22. The number of hydrogen-bond donors (Lipinski definition) is 1. The molecule has 0 atom stereocenters. The van der Waals surface area contributed by atoms with Crippen LogP contribution in [0.25, 0.3) is 0 Å². The zero-order valence-electron chi connectivity index (χ0n) is 6.51. The summed E-state index contributed by atoms with van der Waals surface area (Å²) in [4.78, 5) is 0. The molecular weight excluding hydrogens is 197 g/mol. The molecule has 1 N–H and O–H groups in total. The van der Waals surface area contributed by atoms with Crippen molar-refractivity contribution in [1.82, 2.24) is 9.03 Å². The van der Waals surface area contributed by atoms with Crippen molar-refractivity contribution in [1.29, 1.82) is 0 Å². The van der Waals surface area contributed by atoms with Crippen LogP contribution in [0, 0.1) is 0 Å². The molecule has 8 heteroatoms. The molecule has 0 unspecified atom stereocenters. The van der Waals surface area contributed by atoms with E-state index >= 15 is 0 Å². The Morgan fingerprint density at radius 1 is 1.33 bits per heavy atom. The predicted molar refractivity (Wildman–Crippen MR) is 36.7 cm³/mol. The van der Waals surface area contributed by atoms with Crippen LogP contribution in [0.1, 0.15) is 0 Å². The molecule has 0 bridgehead atoms. The Hall–Kier alpha value is -0.340. The topological polar surface area (TPSA) is 49.4 Å². The van der Waals surface area contributed by atoms with Gasteiger partial charge in [-0.2, -0.15) is 30.6 Å². The van der Waals surface area contributed by atoms with Gasteiger partial charge >= 0.3 is 6.18 Å². The van der Waals surface area contributed by atoms with Crippen molar-refractivity contribution in [2.75, 3.05) is 20.6 Å². The average molecular weight is 206 g/mol. The van der Waals surface area contributed by atoms with E-state index in [1.54, 1.807) is 0 Å². The van der Waals surface area contributed by atoms with Crippen LogP contribution in [0.3, 0.4) is 0 Å². The van der Waals surface area contributed by atoms with E-state index in [9.17, 15) is 21.6 Å². The summed E-state index contributed by atoms with van der Waals surface area (Å²) in [5, 5.41) is 0. The number of alkyl halides is 3. The SMILES string of the molecule is CN(C)S(=O)(=O)NCC(F)(F)F. The third-order valence-electron chi connectivity index (χ3n) is 0.936. The van der Waals surface area contributed by atoms with Crippen molar-refractivity contribution < 1.29 is 21.6 Å². The molecule has 74 valence electrons. The quantitative estimate of drug-likeness (QED) is 0.703. The molecule has 0 aromatic carbocycles. The summed E-state index contributed by atoms with van der Waals surface area (Å²) in [6.45, 7) is -1.55. The molecule has 0 amide bonds. The highest BCUT2D eigenvalue weighted by Gasteiger charge is 2.29. The van der Waals surface area contributed by atoms with Crippen LogP contribution in [0.4, 0.5) is 13.2 Å². The highest BCUT2D eigenvalue weighted by Crippen LogP contribution is 2.12. The maximum absolute atomic E-state index is 11.5. The normalized spacial score (nSPS) is 13.8. The third kappa shape index (κ3) is 4.52. The molecule has 4 nitrogen and oxygen atoms in total. The molecule has 0 aliphatic heterocycles. The zero-order valence-corrected chi connectivity index (χ0v) is 7.33. The van der Waals surface area contributed by atoms with Crippen LogP contribution in [0.5, 0.6) is 0 Å². The highest BCUT2D eigenvalue weighted by molar-refractivity contribution is 7.87. The lowest BCUT2D eigenvalue weighted by Crippen LogP contribution is -2.40. The van der Waals surface area contributed by atoms with Crippen LogP contribution < -0.4 is 4.72 Å². The standard InChI is InChI=1S/C4H9F3N2O2S/c1-9(2)12(10,11)8-3-4(5,6)7/h8H,3H2,1-2H3. The summed E-state index contributed by atoms with van der Waals surface area (Å²) >= 11 is 0. The molecule has 0 heterocycles. The molecule has 0 radical (unpaired) electrons. The van der Waals surface area contributed by atoms with E-state index < -0.39 is 22.9 Å². The number of nitrogens with one attached hydrogen (secondary N) is 1. The van der Waals surface area contributed by atoms with Gasteiger partial charge in [0.1, 0.15) is 6.54 Å². The number of halogens is 3. The van der Waals surface area contributed by atoms with Crippen LogP contribution in [-0.4, -0.2) is 39.5 Å². The lowest BCUT2D eigenvalue weighted by Gasteiger charge is -2.13. The molecule has 12 heavy (non-hydrogen) atoms. The molecule has 0 saturated carbocycles. The van der Waals surface area contributed by atoms with Crippen molar-refractivity contribution in [3.63, 3.8) is 0 Å². The number of rotatable bonds is 3. The number of nitrogens with zero attached hydrogens (tertiary/aromatic N) is 1. The minimum absolute atomic E-state index is 0.665. The van der Waals surface area contributed by atoms with Crippen LogP contribution >= 0.6 is 0 Å². The first-order chi connectivity index (χ1) is 5.15. The summed E-state index contributed by atoms with van der Waals surface area (Å²) in [6, 6.07) is 0. The first-order valence-corrected chi connectivity index (χ1v) is 4.33. The van der Waals surface area contributed by atoms with E-state index in [2.05, 4.69) is 0 Å². The average Bonchev–Trinajstić information content (AvgIpc) is 1.82. The van der Waals surface area contributed by atoms with Gasteiger partial charge in [-0.05, 0) is 0 Å². The molecule has 0 spiro atoms. The van der Waals surface area contributed by atoms with Crippen molar-refractivity contribution in [3.05, 3.63) is 0 Å². The Morgan fingerprint density at radius 3 is 2.00 bits per heavy atom. The fraction of sp³-hybridized carbons (Fsp3) is 1.00. The summed E-state index contributed by atoms with van der Waals surface area (Å²) in [6.07, 6.45) is -4.52. The van der Waals surface area contributed by atoms with Crippen molar-refractivity contribution >= 4 is 10.2 Å². The van der Waals surface area contributed by atoms with Crippen molar-refractivity contribution in [2.45, 2.75) is 6.18 Å². The van der Waals surface area contributed by atoms with E-state index in [1.807, 2.05) is 0 Å². The fourth-order valence-electron chi connectivity index (χ4n) is 0.302. The molecule has 0 aromatic heterocycles. The monoisotopic (exact) mass is 206 g/mol. The minimum atomic E-state index is -4.52. The van der Waals surface area contributed by atoms with Crippen molar-refractivity contribution in [2.24, 2.45) is 0 Å². The van der Waals surface area contributed by atoms with Crippen molar-refractivity contribution in [3.8, 4) is 0 Å². The van der Waals surface area contributed by atoms with E-state index in [4.69, 9.17) is 0 Å². The van der Waals surface area contributed by atoms with E-state index in [1.165, 1.54) is 4.72 Å². The van der Waals surface area contributed by atoms with E-state index in [0.717, 1.165) is 14.1 Å². The summed E-state index contributed by atoms with van der Waals surface area (Å²) in [7, 11) is -1.69. The van der Waals surface area contributed by atoms with E-state index in [-0.39, 0.29) is 0 Å². The van der Waals surface area contributed by atoms with Crippen LogP contribution in [-0.2, 0) is 10.2 Å². The van der Waals surface area contributed by atoms with Gasteiger partial charge in [-0.25, -0.2) is 0 Å². The maximum Gasteiger partial charge on any atom is 0.402 e. The van der Waals surface area contributed by atoms with Gasteiger partial charge in [-0.3, -0.25) is 0 Å². The smallest absolute Gasteiger partial charge is 0.195 e. The molecule has 0 fully saturated rings. The van der Waals surface area contributed by atoms with Crippen LogP contribution in [0.2, 0.25) is 0 Å². The molecule has 0 aliphatic rings. The summed E-state index contributed by atoms with van der Waals surface area (Å²) < 4.78 is 57.9. The second kappa shape index (κ2) is 3.58. The van der Waals surface area contributed by atoms with Gasteiger partial charge in [-0.1, -0.05) is 0 Å². The highest BCUT2D eigenvalue weighted by atomic mass is 32.2. The Balaban J connectivity index is 4.12. The Kier molecular flexibility index (Phi) is 3.48. The van der Waals surface area contributed by atoms with E-state index in [0.29, 0.717) is 4.31 Å². The lowest BCUT2D eigenvalue weighted by molar-refractivity contribution is -0.121. The lowest BCUT2D eigenvalue weighted by atomic mass is 10.7. The maximum atomic E-state index is 11.5. The van der Waals surface area contributed by atoms with Gasteiger partial charge in [-0.15, -0.1) is 0 Å². The van der Waals surface area contributed by atoms with Gasteiger partial charge in [0.15, 0.2) is 0 Å². The Morgan fingerprint density at radius 2 is 1.75 bits per heavy atom. The predicted octanol–water partition coefficient (Wildman–Crippen LogP) is -0.0553. The fourth-order valence-corrected chi connectivity index (χ4v) is 0.906. The molecule has 0 saturated heterocycles. The van der Waals surface area contributed by atoms with Gasteiger partial charge in [0.05, 0.1) is 0 Å². The Bertz CT molecular complexity index is 233. The molecule has 0 aromatic rings. The van der Waals surface area contributed by atoms with Gasteiger partial charge in [0.25, 0.3) is 10.2 Å². The van der Waals surface area contributed by atoms with Gasteiger partial charge in [0.2, 0.25) is 0 Å². The minimum Gasteiger partial charge on any atom is -0.195 e. The second-order valence-corrected chi connectivity index (χ2v) is 4.19. The largest absolute Gasteiger partial charge is 0.402 e. The van der Waals surface area contributed by atoms with Gasteiger partial charge in [0, 0.05) is 14.1 Å². The third-order valence-corrected chi connectivity index (χ3v) is 2.41. The molecule has 0 rings (SSSR count). The first-order valence-electron chi connectivity index (χ1n) is 2.89. The number of hydrogen-bond acceptors (Lipinski definition) is 2. The Labute approximate surface area is 68.5 Å². The molecule has 0 aliphatic carbocycles. The zero-order chi connectivity index (χ0) is 9.99. The summed E-state index contributed by atoms with van der Waals surface area (Å²) in [5.74, 6) is 0. The van der Waals surface area contributed by atoms with Crippen LogP contribution in [0.15, 0.2) is 0 Å². The molecular formula is C4H9F3N2O2S.